The number of rotatable bonds is 2. The largest absolute Gasteiger partial charge is 0.506 e. The van der Waals surface area contributed by atoms with Crippen LogP contribution in [-0.2, 0) is 9.47 Å². The Bertz CT molecular complexity index is 505. The van der Waals surface area contributed by atoms with Gasteiger partial charge in [-0.25, -0.2) is 4.79 Å². The molecule has 0 radical (unpaired) electrons. The summed E-state index contributed by atoms with van der Waals surface area (Å²) in [5, 5.41) is 15.9. The minimum Gasteiger partial charge on any atom is -0.506 e. The number of phenolic OH excluding ortho intramolecular Hbond substituents is 1. The first-order valence-corrected chi connectivity index (χ1v) is 7.01. The summed E-state index contributed by atoms with van der Waals surface area (Å²) in [5.74, 6) is -0.00691. The van der Waals surface area contributed by atoms with Crippen molar-refractivity contribution in [3.63, 3.8) is 0 Å². The second-order valence-electron chi connectivity index (χ2n) is 5.93. The molecule has 0 saturated carbocycles. The van der Waals surface area contributed by atoms with Crippen LogP contribution < -0.4 is 10.6 Å². The number of carbonyl (C=O) groups is 1. The normalized spacial score (nSPS) is 19.1. The maximum absolute atomic E-state index is 11.9. The molecule has 1 heterocycles. The van der Waals surface area contributed by atoms with Crippen LogP contribution in [0.2, 0.25) is 0 Å². The van der Waals surface area contributed by atoms with Gasteiger partial charge in [-0.05, 0) is 26.8 Å². The highest BCUT2D eigenvalue weighted by atomic mass is 16.6. The Morgan fingerprint density at radius 2 is 2.24 bits per heavy atom. The van der Waals surface area contributed by atoms with Crippen molar-refractivity contribution in [2.45, 2.75) is 32.5 Å². The molecule has 3 N–H and O–H groups in total. The fourth-order valence-corrected chi connectivity index (χ4v) is 2.13. The lowest BCUT2D eigenvalue weighted by Crippen LogP contribution is -2.34. The van der Waals surface area contributed by atoms with Crippen molar-refractivity contribution in [2.24, 2.45) is 0 Å². The van der Waals surface area contributed by atoms with Crippen LogP contribution in [0, 0.1) is 0 Å². The van der Waals surface area contributed by atoms with Gasteiger partial charge in [0.15, 0.2) is 0 Å². The molecule has 1 saturated heterocycles. The Morgan fingerprint density at radius 1 is 1.48 bits per heavy atom. The van der Waals surface area contributed by atoms with E-state index in [4.69, 9.17) is 9.47 Å². The van der Waals surface area contributed by atoms with Crippen molar-refractivity contribution in [1.29, 1.82) is 0 Å². The van der Waals surface area contributed by atoms with Gasteiger partial charge in [0.05, 0.1) is 18.4 Å². The average molecular weight is 294 g/mol. The Hall–Kier alpha value is -1.79. The van der Waals surface area contributed by atoms with Gasteiger partial charge in [-0.1, -0.05) is 12.1 Å². The molecule has 0 aliphatic carbocycles. The molecule has 1 aliphatic heterocycles. The summed E-state index contributed by atoms with van der Waals surface area (Å²) in [6.07, 6.45) is -0.815. The van der Waals surface area contributed by atoms with Crippen molar-refractivity contribution in [2.75, 3.05) is 25.0 Å². The van der Waals surface area contributed by atoms with Crippen LogP contribution >= 0.6 is 0 Å². The van der Waals surface area contributed by atoms with Gasteiger partial charge in [-0.3, -0.25) is 5.32 Å². The first-order chi connectivity index (χ1) is 9.87. The zero-order chi connectivity index (χ0) is 15.5. The molecular formula is C15H22N2O4. The van der Waals surface area contributed by atoms with Crippen LogP contribution in [0.15, 0.2) is 18.2 Å². The smallest absolute Gasteiger partial charge is 0.412 e. The van der Waals surface area contributed by atoms with E-state index in [1.807, 2.05) is 6.07 Å². The summed E-state index contributed by atoms with van der Waals surface area (Å²) >= 11 is 0. The number of morpholine rings is 1. The van der Waals surface area contributed by atoms with Crippen molar-refractivity contribution in [1.82, 2.24) is 5.32 Å². The summed E-state index contributed by atoms with van der Waals surface area (Å²) in [5.41, 5.74) is 0.464. The molecule has 1 unspecified atom stereocenters. The van der Waals surface area contributed by atoms with Crippen molar-refractivity contribution in [3.05, 3.63) is 23.8 Å². The zero-order valence-electron chi connectivity index (χ0n) is 12.6. The third kappa shape index (κ3) is 4.34. The first kappa shape index (κ1) is 15.6. The van der Waals surface area contributed by atoms with Gasteiger partial charge in [0.2, 0.25) is 0 Å². The van der Waals surface area contributed by atoms with Gasteiger partial charge in [0.25, 0.3) is 0 Å². The van der Waals surface area contributed by atoms with E-state index in [9.17, 15) is 9.90 Å². The highest BCUT2D eigenvalue weighted by Gasteiger charge is 2.23. The maximum atomic E-state index is 11.9. The summed E-state index contributed by atoms with van der Waals surface area (Å²) in [4.78, 5) is 11.9. The number of nitrogens with one attached hydrogen (secondary N) is 2. The maximum Gasteiger partial charge on any atom is 0.412 e. The highest BCUT2D eigenvalue weighted by molar-refractivity contribution is 5.88. The third-order valence-electron chi connectivity index (χ3n) is 2.98. The van der Waals surface area contributed by atoms with E-state index in [0.29, 0.717) is 18.8 Å². The molecule has 2 rings (SSSR count). The number of aromatic hydroxyl groups is 1. The quantitative estimate of drug-likeness (QED) is 0.730. The molecule has 6 nitrogen and oxygen atoms in total. The topological polar surface area (TPSA) is 79.8 Å². The predicted molar refractivity (Wildman–Crippen MR) is 79.5 cm³/mol. The molecule has 0 bridgehead atoms. The molecule has 0 aromatic heterocycles. The lowest BCUT2D eigenvalue weighted by atomic mass is 10.1. The van der Waals surface area contributed by atoms with E-state index in [0.717, 1.165) is 12.1 Å². The monoisotopic (exact) mass is 294 g/mol. The molecule has 1 amide bonds. The number of carbonyl (C=O) groups excluding carboxylic acids is 1. The fraction of sp³-hybridized carbons (Fsp3) is 0.533. The lowest BCUT2D eigenvalue weighted by Gasteiger charge is -2.26. The van der Waals surface area contributed by atoms with Crippen molar-refractivity contribution in [3.8, 4) is 5.75 Å². The molecule has 1 fully saturated rings. The van der Waals surface area contributed by atoms with Gasteiger partial charge in [0.1, 0.15) is 11.4 Å². The molecule has 1 aliphatic rings. The summed E-state index contributed by atoms with van der Waals surface area (Å²) in [6, 6.07) is 5.07. The van der Waals surface area contributed by atoms with Crippen LogP contribution in [0.1, 0.15) is 32.4 Å². The van der Waals surface area contributed by atoms with Crippen molar-refractivity contribution < 1.29 is 19.4 Å². The highest BCUT2D eigenvalue weighted by Crippen LogP contribution is 2.34. The molecular weight excluding hydrogens is 272 g/mol. The molecule has 6 heteroatoms. The number of hydrogen-bond acceptors (Lipinski definition) is 5. The van der Waals surface area contributed by atoms with Crippen LogP contribution in [-0.4, -0.2) is 36.5 Å². The minimum absolute atomic E-state index is 0.00691. The standard InChI is InChI=1S/C15H22N2O4/c1-15(2,3)21-14(19)17-13-10(5-4-6-11(13)18)12-9-16-7-8-20-12/h4-6,12,16,18H,7-9H2,1-3H3,(H,17,19). The van der Waals surface area contributed by atoms with Gasteiger partial charge in [-0.15, -0.1) is 0 Å². The average Bonchev–Trinajstić information content (AvgIpc) is 2.40. The van der Waals surface area contributed by atoms with E-state index in [1.165, 1.54) is 6.07 Å². The van der Waals surface area contributed by atoms with Crippen LogP contribution in [0.3, 0.4) is 0 Å². The molecule has 116 valence electrons. The Balaban J connectivity index is 2.19. The number of ether oxygens (including phenoxy) is 2. The van der Waals surface area contributed by atoms with Gasteiger partial charge < -0.3 is 19.9 Å². The van der Waals surface area contributed by atoms with E-state index in [2.05, 4.69) is 10.6 Å². The second-order valence-corrected chi connectivity index (χ2v) is 5.93. The van der Waals surface area contributed by atoms with Crippen LogP contribution in [0.4, 0.5) is 10.5 Å². The number of phenols is 1. The van der Waals surface area contributed by atoms with E-state index >= 15 is 0 Å². The fourth-order valence-electron chi connectivity index (χ4n) is 2.13. The number of anilines is 1. The number of para-hydroxylation sites is 1. The SMILES string of the molecule is CC(C)(C)OC(=O)Nc1c(O)cccc1C1CNCCO1. The predicted octanol–water partition coefficient (Wildman–Crippen LogP) is 2.40. The Morgan fingerprint density at radius 3 is 2.86 bits per heavy atom. The van der Waals surface area contributed by atoms with Gasteiger partial charge >= 0.3 is 6.09 Å². The number of benzene rings is 1. The van der Waals surface area contributed by atoms with Crippen LogP contribution in [0.5, 0.6) is 5.75 Å². The lowest BCUT2D eigenvalue weighted by molar-refractivity contribution is 0.0279. The Labute approximate surface area is 124 Å². The summed E-state index contributed by atoms with van der Waals surface area (Å²) < 4.78 is 10.9. The van der Waals surface area contributed by atoms with Crippen LogP contribution in [0.25, 0.3) is 0 Å². The Kier molecular flexibility index (Phi) is 4.69. The first-order valence-electron chi connectivity index (χ1n) is 7.01. The molecule has 1 aromatic carbocycles. The molecule has 0 spiro atoms. The number of hydrogen-bond donors (Lipinski definition) is 3. The summed E-state index contributed by atoms with van der Waals surface area (Å²) in [7, 11) is 0. The molecule has 1 aromatic rings. The third-order valence-corrected chi connectivity index (χ3v) is 2.98. The second kappa shape index (κ2) is 6.32. The van der Waals surface area contributed by atoms with E-state index in [1.54, 1.807) is 26.8 Å². The zero-order valence-corrected chi connectivity index (χ0v) is 12.6. The van der Waals surface area contributed by atoms with Gasteiger partial charge in [-0.2, -0.15) is 0 Å². The van der Waals surface area contributed by atoms with E-state index in [-0.39, 0.29) is 11.9 Å². The van der Waals surface area contributed by atoms with Gasteiger partial charge in [0, 0.05) is 18.7 Å². The summed E-state index contributed by atoms with van der Waals surface area (Å²) in [6.45, 7) is 7.37. The van der Waals surface area contributed by atoms with Crippen molar-refractivity contribution >= 4 is 11.8 Å². The minimum atomic E-state index is -0.603. The van der Waals surface area contributed by atoms with E-state index < -0.39 is 11.7 Å². The number of amides is 1. The molecule has 21 heavy (non-hydrogen) atoms. The molecule has 1 atom stereocenters.